The third-order valence-corrected chi connectivity index (χ3v) is 8.17. The molecule has 3 unspecified atom stereocenters. The van der Waals surface area contributed by atoms with E-state index in [0.29, 0.717) is 6.42 Å². The normalized spacial score (nSPS) is 15.4. The zero-order chi connectivity index (χ0) is 24.8. The van der Waals surface area contributed by atoms with Crippen molar-refractivity contribution < 1.29 is 23.9 Å². The molecule has 33 heavy (non-hydrogen) atoms. The Morgan fingerprint density at radius 2 is 1.36 bits per heavy atom. The lowest BCUT2D eigenvalue weighted by molar-refractivity contribution is -0.217. The fraction of sp³-hybridized carbons (Fsp3) is 0.962. The van der Waals surface area contributed by atoms with Gasteiger partial charge in [-0.1, -0.05) is 104 Å². The van der Waals surface area contributed by atoms with Gasteiger partial charge in [-0.15, -0.1) is 0 Å². The molecule has 0 saturated carbocycles. The number of ether oxygens (including phenoxy) is 2. The summed E-state index contributed by atoms with van der Waals surface area (Å²) in [5.74, 6) is -0.280. The van der Waals surface area contributed by atoms with E-state index in [4.69, 9.17) is 9.47 Å². The van der Waals surface area contributed by atoms with Crippen LogP contribution in [0.4, 0.5) is 0 Å². The maximum absolute atomic E-state index is 11.8. The summed E-state index contributed by atoms with van der Waals surface area (Å²) >= 11 is 1.87. The van der Waals surface area contributed by atoms with E-state index < -0.39 is 20.0 Å². The third-order valence-electron chi connectivity index (χ3n) is 5.93. The first-order valence-corrected chi connectivity index (χ1v) is 15.3. The van der Waals surface area contributed by atoms with Crippen molar-refractivity contribution in [3.05, 3.63) is 0 Å². The van der Waals surface area contributed by atoms with Gasteiger partial charge in [-0.25, -0.2) is 4.79 Å². The topological polar surface area (TPSA) is 72.8 Å². The molecule has 0 heterocycles. The summed E-state index contributed by atoms with van der Waals surface area (Å²) in [4.78, 5) is 11.8. The van der Waals surface area contributed by atoms with Gasteiger partial charge in [-0.2, -0.15) is 11.8 Å². The van der Waals surface area contributed by atoms with Crippen molar-refractivity contribution in [3.63, 3.8) is 0 Å². The first kappa shape index (κ1) is 32.8. The van der Waals surface area contributed by atoms with E-state index in [1.807, 2.05) is 25.6 Å². The van der Waals surface area contributed by atoms with Crippen molar-refractivity contribution in [1.29, 1.82) is 0 Å². The molecule has 0 rings (SSSR count). The number of aliphatic carboxylic acids is 1. The summed E-state index contributed by atoms with van der Waals surface area (Å²) in [7, 11) is -0.660. The Bertz CT molecular complexity index is 480. The van der Waals surface area contributed by atoms with Gasteiger partial charge in [0.2, 0.25) is 8.46 Å². The van der Waals surface area contributed by atoms with Gasteiger partial charge in [0.15, 0.2) is 0 Å². The van der Waals surface area contributed by atoms with Gasteiger partial charge in [0.25, 0.3) is 0 Å². The molecule has 0 spiro atoms. The summed E-state index contributed by atoms with van der Waals surface area (Å²) in [6.45, 7) is 8.43. The molecular formula is C26H51O5PS. The SMILES string of the molecule is CCCCCCCCCCCCSC(CCCCCC)C(C)OC(OCCC)(P=O)C(=O)O. The van der Waals surface area contributed by atoms with E-state index in [1.54, 1.807) is 0 Å². The Morgan fingerprint density at radius 1 is 0.848 bits per heavy atom. The predicted octanol–water partition coefficient (Wildman–Crippen LogP) is 8.84. The fourth-order valence-electron chi connectivity index (χ4n) is 3.85. The Balaban J connectivity index is 4.53. The Hall–Kier alpha value is -0.160. The summed E-state index contributed by atoms with van der Waals surface area (Å²) < 4.78 is 23.0. The summed E-state index contributed by atoms with van der Waals surface area (Å²) in [6, 6.07) is 0. The number of carboxylic acids is 1. The van der Waals surface area contributed by atoms with Crippen molar-refractivity contribution in [3.8, 4) is 0 Å². The Kier molecular flexibility index (Phi) is 22.2. The van der Waals surface area contributed by atoms with Gasteiger partial charge in [-0.05, 0) is 31.9 Å². The van der Waals surface area contributed by atoms with Gasteiger partial charge in [0, 0.05) is 5.25 Å². The average molecular weight is 507 g/mol. The molecule has 0 bridgehead atoms. The minimum atomic E-state index is -2.10. The molecule has 7 heteroatoms. The van der Waals surface area contributed by atoms with E-state index in [2.05, 4.69) is 13.8 Å². The van der Waals surface area contributed by atoms with Crippen LogP contribution in [0.3, 0.4) is 0 Å². The van der Waals surface area contributed by atoms with Crippen LogP contribution in [0, 0.1) is 0 Å². The number of thioether (sulfide) groups is 1. The molecule has 0 saturated heterocycles. The summed E-state index contributed by atoms with van der Waals surface area (Å²) in [5, 5.41) is 9.81. The van der Waals surface area contributed by atoms with Gasteiger partial charge in [-0.3, -0.25) is 4.57 Å². The van der Waals surface area contributed by atoms with E-state index in [-0.39, 0.29) is 18.0 Å². The lowest BCUT2D eigenvalue weighted by atomic mass is 10.1. The molecule has 0 aromatic carbocycles. The number of rotatable bonds is 25. The van der Waals surface area contributed by atoms with Crippen LogP contribution in [0.1, 0.15) is 130 Å². The van der Waals surface area contributed by atoms with E-state index in [9.17, 15) is 14.5 Å². The average Bonchev–Trinajstić information content (AvgIpc) is 2.81. The Labute approximate surface area is 209 Å². The second kappa shape index (κ2) is 22.3. The first-order valence-electron chi connectivity index (χ1n) is 13.5. The monoisotopic (exact) mass is 506 g/mol. The van der Waals surface area contributed by atoms with Crippen LogP contribution in [0.5, 0.6) is 0 Å². The molecule has 3 atom stereocenters. The maximum atomic E-state index is 11.8. The van der Waals surface area contributed by atoms with Crippen LogP contribution in [-0.4, -0.2) is 40.3 Å². The maximum Gasteiger partial charge on any atom is 0.377 e. The Morgan fingerprint density at radius 3 is 1.85 bits per heavy atom. The van der Waals surface area contributed by atoms with E-state index in [1.165, 1.54) is 83.5 Å². The smallest absolute Gasteiger partial charge is 0.377 e. The highest BCUT2D eigenvalue weighted by molar-refractivity contribution is 7.99. The lowest BCUT2D eigenvalue weighted by Gasteiger charge is -2.31. The molecule has 0 aliphatic carbocycles. The standard InChI is InChI=1S/C26H51O5PS/c1-5-8-10-12-13-14-15-16-17-19-22-33-24(20-18-11-9-6-2)23(4)31-26(32-29,25(27)28)30-21-7-3/h23-24H,5-22H2,1-4H3,(H,27,28). The molecule has 1 N–H and O–H groups in total. The first-order chi connectivity index (χ1) is 16.0. The van der Waals surface area contributed by atoms with Crippen molar-refractivity contribution in [1.82, 2.24) is 0 Å². The van der Waals surface area contributed by atoms with Gasteiger partial charge >= 0.3 is 11.5 Å². The third kappa shape index (κ3) is 16.2. The van der Waals surface area contributed by atoms with Gasteiger partial charge < -0.3 is 14.6 Å². The van der Waals surface area contributed by atoms with Crippen LogP contribution in [0.15, 0.2) is 0 Å². The van der Waals surface area contributed by atoms with Gasteiger partial charge in [0.1, 0.15) is 0 Å². The zero-order valence-electron chi connectivity index (χ0n) is 21.8. The van der Waals surface area contributed by atoms with Crippen molar-refractivity contribution in [2.24, 2.45) is 0 Å². The van der Waals surface area contributed by atoms with Crippen molar-refractivity contribution in [2.75, 3.05) is 12.4 Å². The second-order valence-corrected chi connectivity index (χ2v) is 11.2. The molecule has 0 aromatic heterocycles. The highest BCUT2D eigenvalue weighted by Crippen LogP contribution is 2.33. The highest BCUT2D eigenvalue weighted by atomic mass is 32.2. The van der Waals surface area contributed by atoms with Gasteiger partial charge in [0.05, 0.1) is 12.7 Å². The van der Waals surface area contributed by atoms with Crippen LogP contribution in [0.2, 0.25) is 0 Å². The predicted molar refractivity (Wildman–Crippen MR) is 142 cm³/mol. The molecular weight excluding hydrogens is 455 g/mol. The number of hydrogen-bond acceptors (Lipinski definition) is 5. The molecule has 0 aliphatic rings. The van der Waals surface area contributed by atoms with Crippen LogP contribution in [0.25, 0.3) is 0 Å². The minimum Gasteiger partial charge on any atom is -0.477 e. The highest BCUT2D eigenvalue weighted by Gasteiger charge is 2.45. The summed E-state index contributed by atoms with van der Waals surface area (Å²) in [5.41, 5.74) is -2.10. The molecule has 0 radical (unpaired) electrons. The van der Waals surface area contributed by atoms with Crippen LogP contribution in [-0.2, 0) is 18.8 Å². The lowest BCUT2D eigenvalue weighted by Crippen LogP contribution is -2.44. The minimum absolute atomic E-state index is 0.172. The molecule has 0 amide bonds. The zero-order valence-corrected chi connectivity index (χ0v) is 23.5. The van der Waals surface area contributed by atoms with Crippen LogP contribution >= 0.6 is 20.2 Å². The van der Waals surface area contributed by atoms with Crippen molar-refractivity contribution >= 4 is 26.2 Å². The second-order valence-electron chi connectivity index (χ2n) is 9.09. The largest absolute Gasteiger partial charge is 0.477 e. The number of carbonyl (C=O) groups is 1. The molecule has 0 aliphatic heterocycles. The number of unbranched alkanes of at least 4 members (excludes halogenated alkanes) is 12. The summed E-state index contributed by atoms with van der Waals surface area (Å²) in [6.07, 6.45) is 19.1. The molecule has 0 fully saturated rings. The quantitative estimate of drug-likeness (QED) is 0.0757. The van der Waals surface area contributed by atoms with Crippen molar-refractivity contribution in [2.45, 2.75) is 147 Å². The fourth-order valence-corrected chi connectivity index (χ4v) is 5.62. The number of carboxylic acid groups (broad SMARTS) is 1. The van der Waals surface area contributed by atoms with Crippen LogP contribution < -0.4 is 0 Å². The van der Waals surface area contributed by atoms with E-state index >= 15 is 0 Å². The molecule has 5 nitrogen and oxygen atoms in total. The number of hydrogen-bond donors (Lipinski definition) is 1. The molecule has 196 valence electrons. The molecule has 0 aromatic rings. The van der Waals surface area contributed by atoms with E-state index in [0.717, 1.165) is 18.6 Å².